The zero-order valence-corrected chi connectivity index (χ0v) is 15.8. The number of thiophene rings is 1. The molecule has 0 radical (unpaired) electrons. The van der Waals surface area contributed by atoms with Crippen molar-refractivity contribution in [2.75, 3.05) is 20.6 Å². The molecule has 0 aliphatic carbocycles. The molecule has 0 fully saturated rings. The minimum Gasteiger partial charge on any atom is -0.433 e. The SMILES string of the molecule is CN(C)C(CNS(=O)(=O)c1ccc(OC(F)F)c(Cl)c1)c1ccsc1. The van der Waals surface area contributed by atoms with E-state index in [0.29, 0.717) is 0 Å². The fourth-order valence-corrected chi connectivity index (χ4v) is 4.24. The van der Waals surface area contributed by atoms with Gasteiger partial charge in [0.05, 0.1) is 9.92 Å². The molecular weight excluding hydrogens is 394 g/mol. The Balaban J connectivity index is 2.14. The second-order valence-corrected chi connectivity index (χ2v) is 8.31. The third-order valence-electron chi connectivity index (χ3n) is 3.45. The first-order chi connectivity index (χ1) is 11.7. The molecule has 25 heavy (non-hydrogen) atoms. The van der Waals surface area contributed by atoms with E-state index in [1.807, 2.05) is 35.8 Å². The van der Waals surface area contributed by atoms with E-state index in [1.165, 1.54) is 17.4 Å². The van der Waals surface area contributed by atoms with Crippen LogP contribution in [0.3, 0.4) is 0 Å². The molecular formula is C15H17ClF2N2O3S2. The van der Waals surface area contributed by atoms with Crippen LogP contribution in [0.5, 0.6) is 5.75 Å². The number of hydrogen-bond acceptors (Lipinski definition) is 5. The number of hydrogen-bond donors (Lipinski definition) is 1. The lowest BCUT2D eigenvalue weighted by Gasteiger charge is -2.24. The zero-order chi connectivity index (χ0) is 18.6. The average Bonchev–Trinajstić information content (AvgIpc) is 3.02. The molecule has 5 nitrogen and oxygen atoms in total. The molecule has 0 saturated heterocycles. The Labute approximate surface area is 154 Å². The molecule has 2 rings (SSSR count). The maximum Gasteiger partial charge on any atom is 0.387 e. The van der Waals surface area contributed by atoms with E-state index in [1.54, 1.807) is 0 Å². The lowest BCUT2D eigenvalue weighted by molar-refractivity contribution is -0.0498. The third-order valence-corrected chi connectivity index (χ3v) is 5.87. The molecule has 2 aromatic rings. The zero-order valence-electron chi connectivity index (χ0n) is 13.4. The van der Waals surface area contributed by atoms with E-state index in [-0.39, 0.29) is 28.3 Å². The van der Waals surface area contributed by atoms with Gasteiger partial charge in [0.15, 0.2) is 0 Å². The maximum atomic E-state index is 12.4. The van der Waals surface area contributed by atoms with Gasteiger partial charge in [0.2, 0.25) is 10.0 Å². The predicted octanol–water partition coefficient (Wildman–Crippen LogP) is 3.58. The van der Waals surface area contributed by atoms with Gasteiger partial charge in [-0.2, -0.15) is 20.1 Å². The summed E-state index contributed by atoms with van der Waals surface area (Å²) in [6, 6.07) is 5.14. The lowest BCUT2D eigenvalue weighted by atomic mass is 10.1. The second-order valence-electron chi connectivity index (χ2n) is 5.36. The first-order valence-electron chi connectivity index (χ1n) is 7.13. The van der Waals surface area contributed by atoms with Crippen LogP contribution < -0.4 is 9.46 Å². The third kappa shape index (κ3) is 5.35. The number of rotatable bonds is 8. The number of nitrogens with one attached hydrogen (secondary N) is 1. The number of sulfonamides is 1. The van der Waals surface area contributed by atoms with E-state index < -0.39 is 16.6 Å². The first-order valence-corrected chi connectivity index (χ1v) is 9.93. The van der Waals surface area contributed by atoms with Crippen LogP contribution >= 0.6 is 22.9 Å². The monoisotopic (exact) mass is 410 g/mol. The largest absolute Gasteiger partial charge is 0.433 e. The molecule has 1 unspecified atom stereocenters. The standard InChI is InChI=1S/C15H17ClF2N2O3S2/c1-20(2)13(10-5-6-24-9-10)8-19-25(21,22)11-3-4-14(12(16)7-11)23-15(17)18/h3-7,9,13,15,19H,8H2,1-2H3. The molecule has 138 valence electrons. The van der Waals surface area contributed by atoms with Gasteiger partial charge in [-0.05, 0) is 54.7 Å². The van der Waals surface area contributed by atoms with E-state index >= 15 is 0 Å². The molecule has 0 bridgehead atoms. The van der Waals surface area contributed by atoms with Crippen LogP contribution in [0.4, 0.5) is 8.78 Å². The van der Waals surface area contributed by atoms with Crippen molar-refractivity contribution in [3.63, 3.8) is 0 Å². The van der Waals surface area contributed by atoms with Gasteiger partial charge in [-0.3, -0.25) is 0 Å². The normalized spacial score (nSPS) is 13.4. The number of halogens is 3. The van der Waals surface area contributed by atoms with Gasteiger partial charge < -0.3 is 9.64 Å². The molecule has 1 heterocycles. The summed E-state index contributed by atoms with van der Waals surface area (Å²) in [4.78, 5) is 1.78. The van der Waals surface area contributed by atoms with Crippen LogP contribution in [0.2, 0.25) is 5.02 Å². The highest BCUT2D eigenvalue weighted by atomic mass is 35.5. The fraction of sp³-hybridized carbons (Fsp3) is 0.333. The van der Waals surface area contributed by atoms with Gasteiger partial charge in [-0.1, -0.05) is 11.6 Å². The van der Waals surface area contributed by atoms with Crippen molar-refractivity contribution in [2.24, 2.45) is 0 Å². The minimum atomic E-state index is -3.85. The second kappa shape index (κ2) is 8.41. The summed E-state index contributed by atoms with van der Waals surface area (Å²) < 4.78 is 56.1. The lowest BCUT2D eigenvalue weighted by Crippen LogP contribution is -2.34. The summed E-state index contributed by atoms with van der Waals surface area (Å²) >= 11 is 7.34. The molecule has 0 aliphatic heterocycles. The summed E-state index contributed by atoms with van der Waals surface area (Å²) in [5.74, 6) is -0.278. The van der Waals surface area contributed by atoms with E-state index in [9.17, 15) is 17.2 Å². The highest BCUT2D eigenvalue weighted by Crippen LogP contribution is 2.29. The first kappa shape index (κ1) is 20.1. The summed E-state index contributed by atoms with van der Waals surface area (Å²) in [5.41, 5.74) is 0.997. The molecule has 0 spiro atoms. The quantitative estimate of drug-likeness (QED) is 0.722. The Bertz CT molecular complexity index is 799. The van der Waals surface area contributed by atoms with Crippen LogP contribution in [0.1, 0.15) is 11.6 Å². The molecule has 0 amide bonds. The molecule has 0 aliphatic rings. The molecule has 0 saturated carbocycles. The van der Waals surface area contributed by atoms with Crippen LogP contribution in [-0.4, -0.2) is 40.6 Å². The van der Waals surface area contributed by atoms with Crippen LogP contribution in [0.25, 0.3) is 0 Å². The van der Waals surface area contributed by atoms with Gasteiger partial charge in [0.25, 0.3) is 0 Å². The summed E-state index contributed by atoms with van der Waals surface area (Å²) in [5, 5.41) is 3.67. The van der Waals surface area contributed by atoms with E-state index in [2.05, 4.69) is 9.46 Å². The summed E-state index contributed by atoms with van der Waals surface area (Å²) in [7, 11) is -0.146. The Hall–Kier alpha value is -1.26. The Morgan fingerprint density at radius 1 is 1.32 bits per heavy atom. The Morgan fingerprint density at radius 3 is 2.56 bits per heavy atom. The number of benzene rings is 1. The van der Waals surface area contributed by atoms with Crippen LogP contribution in [0, 0.1) is 0 Å². The highest BCUT2D eigenvalue weighted by molar-refractivity contribution is 7.89. The maximum absolute atomic E-state index is 12.4. The number of ether oxygens (including phenoxy) is 1. The van der Waals surface area contributed by atoms with E-state index in [4.69, 9.17) is 11.6 Å². The van der Waals surface area contributed by atoms with Gasteiger partial charge in [0.1, 0.15) is 5.75 Å². The van der Waals surface area contributed by atoms with Crippen molar-refractivity contribution in [2.45, 2.75) is 17.5 Å². The van der Waals surface area contributed by atoms with Crippen molar-refractivity contribution in [3.05, 3.63) is 45.6 Å². The van der Waals surface area contributed by atoms with Gasteiger partial charge in [-0.15, -0.1) is 0 Å². The van der Waals surface area contributed by atoms with Crippen molar-refractivity contribution >= 4 is 33.0 Å². The van der Waals surface area contributed by atoms with Crippen molar-refractivity contribution in [1.82, 2.24) is 9.62 Å². The summed E-state index contributed by atoms with van der Waals surface area (Å²) in [6.07, 6.45) is 0. The molecule has 1 atom stereocenters. The predicted molar refractivity (Wildman–Crippen MR) is 94.0 cm³/mol. The van der Waals surface area contributed by atoms with Gasteiger partial charge >= 0.3 is 6.61 Å². The molecule has 1 aromatic carbocycles. The Kier molecular flexibility index (Phi) is 6.75. The Morgan fingerprint density at radius 2 is 2.04 bits per heavy atom. The fourth-order valence-electron chi connectivity index (χ4n) is 2.18. The van der Waals surface area contributed by atoms with Gasteiger partial charge in [-0.25, -0.2) is 13.1 Å². The molecule has 1 N–H and O–H groups in total. The topological polar surface area (TPSA) is 58.6 Å². The van der Waals surface area contributed by atoms with Crippen LogP contribution in [-0.2, 0) is 10.0 Å². The average molecular weight is 411 g/mol. The number of alkyl halides is 2. The summed E-state index contributed by atoms with van der Waals surface area (Å²) in [6.45, 7) is -2.89. The number of likely N-dealkylation sites (N-methyl/N-ethyl adjacent to an activating group) is 1. The minimum absolute atomic E-state index is 0.123. The van der Waals surface area contributed by atoms with Crippen LogP contribution in [0.15, 0.2) is 39.9 Å². The number of nitrogens with zero attached hydrogens (tertiary/aromatic N) is 1. The molecule has 10 heteroatoms. The van der Waals surface area contributed by atoms with Crippen molar-refractivity contribution in [1.29, 1.82) is 0 Å². The smallest absolute Gasteiger partial charge is 0.387 e. The van der Waals surface area contributed by atoms with E-state index in [0.717, 1.165) is 17.7 Å². The van der Waals surface area contributed by atoms with Crippen molar-refractivity contribution < 1.29 is 21.9 Å². The molecule has 1 aromatic heterocycles. The van der Waals surface area contributed by atoms with Crippen molar-refractivity contribution in [3.8, 4) is 5.75 Å². The highest BCUT2D eigenvalue weighted by Gasteiger charge is 2.21. The van der Waals surface area contributed by atoms with Gasteiger partial charge in [0, 0.05) is 12.6 Å².